The zero-order valence-electron chi connectivity index (χ0n) is 5.67. The predicted molar refractivity (Wildman–Crippen MR) is 43.4 cm³/mol. The van der Waals surface area contributed by atoms with E-state index in [0.717, 1.165) is 13.0 Å². The smallest absolute Gasteiger partial charge is 0.0725 e. The quantitative estimate of drug-likeness (QED) is 0.342. The van der Waals surface area contributed by atoms with Crippen LogP contribution in [0.25, 0.3) is 0 Å². The van der Waals surface area contributed by atoms with Gasteiger partial charge in [0.25, 0.3) is 0 Å². The third-order valence-corrected chi connectivity index (χ3v) is 1.46. The molecule has 1 heterocycles. The Morgan fingerprint density at radius 1 is 1.80 bits per heavy atom. The first-order valence-electron chi connectivity index (χ1n) is 3.23. The van der Waals surface area contributed by atoms with Gasteiger partial charge < -0.3 is 4.74 Å². The van der Waals surface area contributed by atoms with Crippen molar-refractivity contribution in [2.45, 2.75) is 6.42 Å². The van der Waals surface area contributed by atoms with Crippen LogP contribution in [0.15, 0.2) is 16.6 Å². The van der Waals surface area contributed by atoms with E-state index in [1.54, 1.807) is 0 Å². The van der Waals surface area contributed by atoms with Crippen molar-refractivity contribution in [3.05, 3.63) is 11.6 Å². The van der Waals surface area contributed by atoms with Crippen molar-refractivity contribution in [3.8, 4) is 0 Å². The molecule has 0 saturated carbocycles. The molecule has 0 aromatic rings. The Morgan fingerprint density at radius 2 is 2.70 bits per heavy atom. The van der Waals surface area contributed by atoms with Crippen LogP contribution in [-0.2, 0) is 4.74 Å². The molecule has 3 heteroatoms. The van der Waals surface area contributed by atoms with Crippen LogP contribution < -0.4 is 0 Å². The van der Waals surface area contributed by atoms with Gasteiger partial charge >= 0.3 is 0 Å². The Kier molecular flexibility index (Phi) is 3.30. The van der Waals surface area contributed by atoms with Gasteiger partial charge in [0, 0.05) is 0 Å². The summed E-state index contributed by atoms with van der Waals surface area (Å²) in [7, 11) is 0. The molecule has 0 amide bonds. The average Bonchev–Trinajstić information content (AvgIpc) is 2.03. The van der Waals surface area contributed by atoms with Crippen LogP contribution in [-0.4, -0.2) is 24.9 Å². The molecular weight excluding hydrogens is 146 g/mol. The first kappa shape index (κ1) is 7.61. The Morgan fingerprint density at radius 3 is 3.30 bits per heavy atom. The molecule has 0 saturated heterocycles. The third-order valence-electron chi connectivity index (χ3n) is 1.33. The van der Waals surface area contributed by atoms with Gasteiger partial charge in [0.1, 0.15) is 0 Å². The summed E-state index contributed by atoms with van der Waals surface area (Å²) in [5.41, 5.74) is 1.21. The summed E-state index contributed by atoms with van der Waals surface area (Å²) in [4.78, 5) is 3.81. The normalized spacial score (nSPS) is 17.4. The Balaban J connectivity index is 2.38. The molecule has 54 valence electrons. The SMILES string of the molecule is S=C=NCC1=CCCOC1. The van der Waals surface area contributed by atoms with Crippen molar-refractivity contribution in [2.24, 2.45) is 4.99 Å². The van der Waals surface area contributed by atoms with Crippen molar-refractivity contribution < 1.29 is 4.74 Å². The summed E-state index contributed by atoms with van der Waals surface area (Å²) in [6.07, 6.45) is 3.15. The first-order valence-corrected chi connectivity index (χ1v) is 3.63. The van der Waals surface area contributed by atoms with Gasteiger partial charge in [-0.2, -0.15) is 0 Å². The summed E-state index contributed by atoms with van der Waals surface area (Å²) < 4.78 is 5.19. The number of isothiocyanates is 1. The molecule has 1 aliphatic rings. The molecule has 0 unspecified atom stereocenters. The van der Waals surface area contributed by atoms with Gasteiger partial charge in [-0.3, -0.25) is 0 Å². The van der Waals surface area contributed by atoms with E-state index in [0.29, 0.717) is 13.2 Å². The minimum atomic E-state index is 0.656. The van der Waals surface area contributed by atoms with Crippen LogP contribution in [0.4, 0.5) is 0 Å². The lowest BCUT2D eigenvalue weighted by atomic mass is 10.2. The third kappa shape index (κ3) is 2.40. The fourth-order valence-corrected chi connectivity index (χ4v) is 0.917. The van der Waals surface area contributed by atoms with E-state index >= 15 is 0 Å². The van der Waals surface area contributed by atoms with Crippen molar-refractivity contribution in [1.82, 2.24) is 0 Å². The Bertz CT molecular complexity index is 182. The van der Waals surface area contributed by atoms with E-state index in [4.69, 9.17) is 4.74 Å². The summed E-state index contributed by atoms with van der Waals surface area (Å²) in [5.74, 6) is 0. The molecule has 0 spiro atoms. The number of nitrogens with zero attached hydrogens (tertiary/aromatic N) is 1. The summed E-state index contributed by atoms with van der Waals surface area (Å²) in [6.45, 7) is 2.20. The second kappa shape index (κ2) is 4.34. The Hall–Kier alpha value is -0.500. The lowest BCUT2D eigenvalue weighted by Gasteiger charge is -2.10. The largest absolute Gasteiger partial charge is 0.377 e. The highest BCUT2D eigenvalue weighted by atomic mass is 32.1. The van der Waals surface area contributed by atoms with Crippen LogP contribution >= 0.6 is 12.2 Å². The van der Waals surface area contributed by atoms with E-state index in [1.165, 1.54) is 5.57 Å². The fourth-order valence-electron chi connectivity index (χ4n) is 0.853. The molecule has 0 aliphatic carbocycles. The number of hydrogen-bond acceptors (Lipinski definition) is 3. The topological polar surface area (TPSA) is 21.6 Å². The van der Waals surface area contributed by atoms with Crippen molar-refractivity contribution >= 4 is 17.4 Å². The maximum Gasteiger partial charge on any atom is 0.0725 e. The van der Waals surface area contributed by atoms with Gasteiger partial charge in [0.05, 0.1) is 24.9 Å². The van der Waals surface area contributed by atoms with E-state index < -0.39 is 0 Å². The van der Waals surface area contributed by atoms with E-state index in [2.05, 4.69) is 28.4 Å². The number of thiocarbonyl (C=S) groups is 1. The standard InChI is InChI=1S/C7H9NOS/c10-6-8-4-7-2-1-3-9-5-7/h2H,1,3-5H2. The van der Waals surface area contributed by atoms with Crippen LogP contribution in [0, 0.1) is 0 Å². The maximum absolute atomic E-state index is 5.19. The lowest BCUT2D eigenvalue weighted by molar-refractivity contribution is 0.150. The molecule has 1 aliphatic heterocycles. The number of ether oxygens (including phenoxy) is 1. The molecular formula is C7H9NOS. The molecule has 0 bridgehead atoms. The molecule has 0 N–H and O–H groups in total. The maximum atomic E-state index is 5.19. The monoisotopic (exact) mass is 155 g/mol. The van der Waals surface area contributed by atoms with E-state index in [1.807, 2.05) is 0 Å². The molecule has 1 rings (SSSR count). The zero-order chi connectivity index (χ0) is 7.23. The van der Waals surface area contributed by atoms with Crippen molar-refractivity contribution in [1.29, 1.82) is 0 Å². The van der Waals surface area contributed by atoms with Crippen LogP contribution in [0.1, 0.15) is 6.42 Å². The minimum absolute atomic E-state index is 0.656. The average molecular weight is 155 g/mol. The predicted octanol–water partition coefficient (Wildman–Crippen LogP) is 1.44. The highest BCUT2D eigenvalue weighted by Gasteiger charge is 2.00. The number of hydrogen-bond donors (Lipinski definition) is 0. The van der Waals surface area contributed by atoms with Gasteiger partial charge in [-0.15, -0.1) is 0 Å². The van der Waals surface area contributed by atoms with Crippen LogP contribution in [0.2, 0.25) is 0 Å². The van der Waals surface area contributed by atoms with E-state index in [9.17, 15) is 0 Å². The van der Waals surface area contributed by atoms with E-state index in [-0.39, 0.29) is 0 Å². The van der Waals surface area contributed by atoms with Crippen LogP contribution in [0.3, 0.4) is 0 Å². The summed E-state index contributed by atoms with van der Waals surface area (Å²) in [6, 6.07) is 0. The number of rotatable bonds is 2. The fraction of sp³-hybridized carbons (Fsp3) is 0.571. The molecule has 0 atom stereocenters. The summed E-state index contributed by atoms with van der Waals surface area (Å²) >= 11 is 4.44. The van der Waals surface area contributed by atoms with Gasteiger partial charge in [0.2, 0.25) is 0 Å². The van der Waals surface area contributed by atoms with Gasteiger partial charge in [-0.05, 0) is 24.2 Å². The molecule has 0 fully saturated rings. The summed E-state index contributed by atoms with van der Waals surface area (Å²) in [5, 5.41) is 2.33. The van der Waals surface area contributed by atoms with Crippen molar-refractivity contribution in [3.63, 3.8) is 0 Å². The van der Waals surface area contributed by atoms with Crippen LogP contribution in [0.5, 0.6) is 0 Å². The van der Waals surface area contributed by atoms with Gasteiger partial charge in [0.15, 0.2) is 0 Å². The zero-order valence-corrected chi connectivity index (χ0v) is 6.49. The molecule has 0 radical (unpaired) electrons. The molecule has 2 nitrogen and oxygen atoms in total. The molecule has 0 aromatic carbocycles. The van der Waals surface area contributed by atoms with Gasteiger partial charge in [-0.25, -0.2) is 4.99 Å². The lowest BCUT2D eigenvalue weighted by Crippen LogP contribution is -2.07. The second-order valence-electron chi connectivity index (χ2n) is 2.11. The highest BCUT2D eigenvalue weighted by Crippen LogP contribution is 2.04. The number of aliphatic imine (C=N–C) groups is 1. The molecule has 0 aromatic heterocycles. The Labute approximate surface area is 65.6 Å². The highest BCUT2D eigenvalue weighted by molar-refractivity contribution is 7.78. The first-order chi connectivity index (χ1) is 4.93. The minimum Gasteiger partial charge on any atom is -0.377 e. The molecule has 10 heavy (non-hydrogen) atoms. The van der Waals surface area contributed by atoms with Crippen molar-refractivity contribution in [2.75, 3.05) is 19.8 Å². The van der Waals surface area contributed by atoms with Gasteiger partial charge in [-0.1, -0.05) is 6.08 Å². The second-order valence-corrected chi connectivity index (χ2v) is 2.29.